The third-order valence-electron chi connectivity index (χ3n) is 7.06. The van der Waals surface area contributed by atoms with E-state index in [4.69, 9.17) is 5.21 Å². The second-order valence-corrected chi connectivity index (χ2v) is 10.7. The maximum absolute atomic E-state index is 13.1. The van der Waals surface area contributed by atoms with E-state index in [2.05, 4.69) is 33.2 Å². The zero-order chi connectivity index (χ0) is 28.6. The first-order valence-corrected chi connectivity index (χ1v) is 13.8. The Balaban J connectivity index is 1.53. The fourth-order valence-electron chi connectivity index (χ4n) is 5.15. The normalized spacial score (nSPS) is 13.4. The van der Waals surface area contributed by atoms with E-state index in [1.807, 2.05) is 59.3 Å². The Hall–Kier alpha value is -4.02. The summed E-state index contributed by atoms with van der Waals surface area (Å²) in [6, 6.07) is 17.8. The summed E-state index contributed by atoms with van der Waals surface area (Å²) in [6.07, 6.45) is 6.36. The van der Waals surface area contributed by atoms with Gasteiger partial charge in [0.25, 0.3) is 0 Å². The van der Waals surface area contributed by atoms with Crippen molar-refractivity contribution in [2.45, 2.75) is 44.7 Å². The lowest BCUT2D eigenvalue weighted by molar-refractivity contribution is -0.130. The number of halogens is 1. The van der Waals surface area contributed by atoms with Crippen molar-refractivity contribution in [3.05, 3.63) is 101 Å². The van der Waals surface area contributed by atoms with Crippen molar-refractivity contribution >= 4 is 44.5 Å². The Labute approximate surface area is 240 Å². The minimum atomic E-state index is -0.987. The predicted octanol–water partition coefficient (Wildman–Crippen LogP) is 5.13. The molecule has 9 nitrogen and oxygen atoms in total. The van der Waals surface area contributed by atoms with Crippen LogP contribution in [0.4, 0.5) is 0 Å². The first-order chi connectivity index (χ1) is 19.3. The molecule has 3 unspecified atom stereocenters. The highest BCUT2D eigenvalue weighted by Crippen LogP contribution is 2.35. The van der Waals surface area contributed by atoms with Crippen molar-refractivity contribution in [3.8, 4) is 0 Å². The lowest BCUT2D eigenvalue weighted by Gasteiger charge is -2.28. The number of imidazole rings is 1. The van der Waals surface area contributed by atoms with E-state index in [-0.39, 0.29) is 36.3 Å². The topological polar surface area (TPSA) is 134 Å². The Morgan fingerprint density at radius 1 is 1.00 bits per heavy atom. The summed E-state index contributed by atoms with van der Waals surface area (Å²) in [7, 11) is 0. The first kappa shape index (κ1) is 29.0. The SMILES string of the molecule is CC(CCC(=O)NC(CC(=O)NO)Cc1ccccc1Br)C(c1ccc(C(=O)O)c2ccccc12)n1ccnc1. The highest BCUT2D eigenvalue weighted by molar-refractivity contribution is 9.10. The number of aromatic nitrogens is 2. The summed E-state index contributed by atoms with van der Waals surface area (Å²) in [5.41, 5.74) is 3.76. The van der Waals surface area contributed by atoms with Gasteiger partial charge in [-0.1, -0.05) is 71.4 Å². The molecule has 0 spiro atoms. The maximum atomic E-state index is 13.1. The van der Waals surface area contributed by atoms with Crippen LogP contribution in [0.1, 0.15) is 53.7 Å². The molecule has 2 amide bonds. The van der Waals surface area contributed by atoms with Gasteiger partial charge in [-0.05, 0) is 52.8 Å². The number of rotatable bonds is 12. The Morgan fingerprint density at radius 2 is 1.73 bits per heavy atom. The number of carbonyl (C=O) groups is 3. The second-order valence-electron chi connectivity index (χ2n) is 9.82. The summed E-state index contributed by atoms with van der Waals surface area (Å²) < 4.78 is 2.85. The van der Waals surface area contributed by atoms with Gasteiger partial charge in [0.05, 0.1) is 17.9 Å². The molecule has 0 saturated heterocycles. The quantitative estimate of drug-likeness (QED) is 0.130. The number of aromatic carboxylic acids is 1. The molecule has 0 bridgehead atoms. The highest BCUT2D eigenvalue weighted by atomic mass is 79.9. The van der Waals surface area contributed by atoms with Crippen molar-refractivity contribution < 1.29 is 24.7 Å². The number of hydrogen-bond acceptors (Lipinski definition) is 5. The van der Waals surface area contributed by atoms with E-state index in [1.165, 1.54) is 0 Å². The van der Waals surface area contributed by atoms with Crippen molar-refractivity contribution in [2.75, 3.05) is 0 Å². The van der Waals surface area contributed by atoms with Crippen LogP contribution in [-0.2, 0) is 16.0 Å². The van der Waals surface area contributed by atoms with Crippen LogP contribution in [0.2, 0.25) is 0 Å². The molecule has 0 aliphatic rings. The van der Waals surface area contributed by atoms with Gasteiger partial charge in [0.15, 0.2) is 0 Å². The molecule has 40 heavy (non-hydrogen) atoms. The number of carboxylic acids is 1. The molecule has 0 aliphatic carbocycles. The zero-order valence-electron chi connectivity index (χ0n) is 22.0. The lowest BCUT2D eigenvalue weighted by atomic mass is 9.86. The molecular formula is C30H31BrN4O5. The number of hydroxylamine groups is 1. The highest BCUT2D eigenvalue weighted by Gasteiger charge is 2.26. The molecule has 3 aromatic carbocycles. The van der Waals surface area contributed by atoms with Crippen LogP contribution in [0.3, 0.4) is 0 Å². The van der Waals surface area contributed by atoms with Crippen LogP contribution in [0.25, 0.3) is 10.8 Å². The number of amides is 2. The third kappa shape index (κ3) is 6.94. The minimum Gasteiger partial charge on any atom is -0.478 e. The van der Waals surface area contributed by atoms with Crippen molar-refractivity contribution in [1.29, 1.82) is 0 Å². The van der Waals surface area contributed by atoms with Gasteiger partial charge < -0.3 is 15.0 Å². The molecule has 1 aromatic heterocycles. The summed E-state index contributed by atoms with van der Waals surface area (Å²) in [5, 5.41) is 23.2. The molecule has 4 rings (SSSR count). The monoisotopic (exact) mass is 606 g/mol. The van der Waals surface area contributed by atoms with Crippen LogP contribution in [-0.4, -0.2) is 43.7 Å². The number of carboxylic acid groups (broad SMARTS) is 1. The van der Waals surface area contributed by atoms with Gasteiger partial charge in [0.2, 0.25) is 11.8 Å². The van der Waals surface area contributed by atoms with Gasteiger partial charge in [-0.3, -0.25) is 14.8 Å². The molecule has 208 valence electrons. The first-order valence-electron chi connectivity index (χ1n) is 13.0. The zero-order valence-corrected chi connectivity index (χ0v) is 23.5. The van der Waals surface area contributed by atoms with Crippen LogP contribution in [0.5, 0.6) is 0 Å². The molecule has 0 saturated carbocycles. The molecule has 3 atom stereocenters. The molecule has 10 heteroatoms. The Kier molecular flexibility index (Phi) is 9.68. The molecule has 0 fully saturated rings. The second kappa shape index (κ2) is 13.4. The Morgan fingerprint density at radius 3 is 2.40 bits per heavy atom. The average Bonchev–Trinajstić information content (AvgIpc) is 3.47. The number of carbonyl (C=O) groups excluding carboxylic acids is 2. The van der Waals surface area contributed by atoms with E-state index >= 15 is 0 Å². The largest absolute Gasteiger partial charge is 0.478 e. The van der Waals surface area contributed by atoms with Gasteiger partial charge >= 0.3 is 5.97 Å². The third-order valence-corrected chi connectivity index (χ3v) is 7.84. The molecule has 1 heterocycles. The van der Waals surface area contributed by atoms with E-state index in [0.717, 1.165) is 21.0 Å². The van der Waals surface area contributed by atoms with Gasteiger partial charge in [0, 0.05) is 35.7 Å². The maximum Gasteiger partial charge on any atom is 0.336 e. The van der Waals surface area contributed by atoms with Gasteiger partial charge in [-0.15, -0.1) is 0 Å². The lowest BCUT2D eigenvalue weighted by Crippen LogP contribution is -2.40. The van der Waals surface area contributed by atoms with Crippen molar-refractivity contribution in [1.82, 2.24) is 20.3 Å². The number of benzene rings is 3. The van der Waals surface area contributed by atoms with E-state index in [1.54, 1.807) is 30.1 Å². The summed E-state index contributed by atoms with van der Waals surface area (Å²) in [5.74, 6) is -1.80. The molecule has 4 aromatic rings. The van der Waals surface area contributed by atoms with Gasteiger partial charge in [0.1, 0.15) is 0 Å². The average molecular weight is 608 g/mol. The number of nitrogens with zero attached hydrogens (tertiary/aromatic N) is 2. The minimum absolute atomic E-state index is 0.0264. The smallest absolute Gasteiger partial charge is 0.336 e. The number of hydrogen-bond donors (Lipinski definition) is 4. The Bertz CT molecular complexity index is 1490. The van der Waals surface area contributed by atoms with Gasteiger partial charge in [-0.25, -0.2) is 15.3 Å². The fourth-order valence-corrected chi connectivity index (χ4v) is 5.60. The standard InChI is InChI=1S/C30H31BrN4O5/c1-19(10-13-27(36)33-21(17-28(37)34-40)16-20-6-2-5-9-26(20)31)29(35-15-14-32-18-35)24-11-12-25(30(38)39)23-8-4-3-7-22(23)24/h2-9,11-12,14-15,18-19,21,29,40H,10,13,16-17H2,1H3,(H,33,36)(H,34,37)(H,38,39). The van der Waals surface area contributed by atoms with Gasteiger partial charge in [-0.2, -0.15) is 0 Å². The van der Waals surface area contributed by atoms with Crippen LogP contribution in [0.15, 0.2) is 83.9 Å². The molecule has 4 N–H and O–H groups in total. The molecular weight excluding hydrogens is 576 g/mol. The molecule has 0 radical (unpaired) electrons. The fraction of sp³-hybridized carbons (Fsp3) is 0.267. The summed E-state index contributed by atoms with van der Waals surface area (Å²) in [4.78, 5) is 41.1. The summed E-state index contributed by atoms with van der Waals surface area (Å²) in [6.45, 7) is 2.05. The predicted molar refractivity (Wildman–Crippen MR) is 154 cm³/mol. The van der Waals surface area contributed by atoms with Crippen LogP contribution < -0.4 is 10.8 Å². The van der Waals surface area contributed by atoms with Crippen LogP contribution in [0, 0.1) is 5.92 Å². The number of fused-ring (bicyclic) bond motifs is 1. The van der Waals surface area contributed by atoms with E-state index < -0.39 is 17.9 Å². The van der Waals surface area contributed by atoms with E-state index in [0.29, 0.717) is 18.2 Å². The van der Waals surface area contributed by atoms with Crippen molar-refractivity contribution in [2.24, 2.45) is 5.92 Å². The number of nitrogens with one attached hydrogen (secondary N) is 2. The summed E-state index contributed by atoms with van der Waals surface area (Å²) >= 11 is 3.51. The van der Waals surface area contributed by atoms with E-state index in [9.17, 15) is 19.5 Å². The van der Waals surface area contributed by atoms with Crippen molar-refractivity contribution in [3.63, 3.8) is 0 Å². The van der Waals surface area contributed by atoms with Crippen LogP contribution >= 0.6 is 15.9 Å². The molecule has 0 aliphatic heterocycles.